The van der Waals surface area contributed by atoms with E-state index in [-0.39, 0.29) is 0 Å². The van der Waals surface area contributed by atoms with E-state index in [0.717, 1.165) is 0 Å². The van der Waals surface area contributed by atoms with Crippen molar-refractivity contribution in [3.63, 3.8) is 0 Å². The Balaban J connectivity index is 2.68. The summed E-state index contributed by atoms with van der Waals surface area (Å²) in [5, 5.41) is 0. The number of rotatable bonds is 3. The second-order valence-corrected chi connectivity index (χ2v) is 3.59. The van der Waals surface area contributed by atoms with Gasteiger partial charge in [0.1, 0.15) is 0 Å². The van der Waals surface area contributed by atoms with E-state index in [2.05, 4.69) is 19.0 Å². The van der Waals surface area contributed by atoms with Crippen LogP contribution in [0.15, 0.2) is 0 Å². The Morgan fingerprint density at radius 3 is 2.14 bits per heavy atom. The van der Waals surface area contributed by atoms with Crippen LogP contribution < -0.4 is 0 Å². The van der Waals surface area contributed by atoms with Gasteiger partial charge in [0.15, 0.2) is 0 Å². The van der Waals surface area contributed by atoms with Crippen LogP contribution in [0.1, 0.15) is 6.42 Å². The van der Waals surface area contributed by atoms with E-state index in [4.69, 9.17) is 0 Å². The van der Waals surface area contributed by atoms with Crippen LogP contribution in [0.25, 0.3) is 0 Å². The van der Waals surface area contributed by atoms with Crippen molar-refractivity contribution in [3.8, 4) is 0 Å². The molecule has 0 fully saturated rings. The molecule has 0 aromatic rings. The van der Waals surface area contributed by atoms with Crippen LogP contribution in [0, 0.1) is 0 Å². The normalized spacial score (nSPS) is 10.3. The third kappa shape index (κ3) is 6.76. The van der Waals surface area contributed by atoms with Crippen molar-refractivity contribution in [2.24, 2.45) is 0 Å². The first-order chi connectivity index (χ1) is 3.27. The molecule has 0 aromatic heterocycles. The predicted molar refractivity (Wildman–Crippen MR) is 35.1 cm³/mol. The van der Waals surface area contributed by atoms with Gasteiger partial charge in [-0.25, -0.2) is 0 Å². The average molecular weight is 206 g/mol. The van der Waals surface area contributed by atoms with Crippen LogP contribution in [-0.4, -0.2) is 48.1 Å². The summed E-state index contributed by atoms with van der Waals surface area (Å²) in [6.45, 7) is 1.27. The van der Waals surface area contributed by atoms with E-state index in [1.807, 2.05) is 0 Å². The van der Waals surface area contributed by atoms with Crippen LogP contribution in [-0.2, 0) is 0 Å². The maximum atomic E-state index is 2.23. The van der Waals surface area contributed by atoms with Crippen molar-refractivity contribution in [1.29, 1.82) is 0 Å². The fourth-order valence-electron chi connectivity index (χ4n) is 0.408. The van der Waals surface area contributed by atoms with Crippen molar-refractivity contribution in [2.75, 3.05) is 20.6 Å². The molecule has 42 valence electrons. The van der Waals surface area contributed by atoms with Crippen LogP contribution in [0.3, 0.4) is 0 Å². The molecule has 1 nitrogen and oxygen atoms in total. The fourth-order valence-corrected chi connectivity index (χ4v) is 0.929. The van der Waals surface area contributed by atoms with E-state index in [9.17, 15) is 0 Å². The second-order valence-electron chi connectivity index (χ2n) is 1.95. The predicted octanol–water partition coefficient (Wildman–Crippen LogP) is 0.257. The van der Waals surface area contributed by atoms with Gasteiger partial charge in [-0.15, -0.1) is 0 Å². The number of nitrogens with zero attached hydrogens (tertiary/aromatic N) is 1. The molecule has 0 N–H and O–H groups in total. The molecule has 0 atom stereocenters. The van der Waals surface area contributed by atoms with E-state index in [0.29, 0.717) is 0 Å². The molecule has 0 aliphatic heterocycles. The summed E-state index contributed by atoms with van der Waals surface area (Å²) >= 11 is 1.42. The third-order valence-electron chi connectivity index (χ3n) is 0.809. The summed E-state index contributed by atoms with van der Waals surface area (Å²) < 4.78 is 1.43. The van der Waals surface area contributed by atoms with Gasteiger partial charge in [0.25, 0.3) is 0 Å². The Morgan fingerprint density at radius 1 is 1.43 bits per heavy atom. The average Bonchev–Trinajstić information content (AvgIpc) is 1.61. The molecule has 2 radical (unpaired) electrons. The molecule has 0 unspecified atom stereocenters. The van der Waals surface area contributed by atoms with Crippen LogP contribution in [0.2, 0.25) is 4.44 Å². The molecular weight excluding hydrogens is 193 g/mol. The van der Waals surface area contributed by atoms with Gasteiger partial charge in [0.05, 0.1) is 0 Å². The van der Waals surface area contributed by atoms with E-state index in [1.165, 1.54) is 39.9 Å². The Hall–Kier alpha value is 0.759. The Bertz CT molecular complexity index is 37.1. The SMILES string of the molecule is CN(C)CC[CH2][SnH]. The van der Waals surface area contributed by atoms with Crippen molar-refractivity contribution < 1.29 is 0 Å². The van der Waals surface area contributed by atoms with Gasteiger partial charge in [-0.1, -0.05) is 0 Å². The molecule has 2 heteroatoms. The van der Waals surface area contributed by atoms with Gasteiger partial charge in [0, 0.05) is 0 Å². The Morgan fingerprint density at radius 2 is 2.00 bits per heavy atom. The monoisotopic (exact) mass is 207 g/mol. The van der Waals surface area contributed by atoms with E-state index < -0.39 is 0 Å². The second kappa shape index (κ2) is 4.91. The number of hydrogen-bond donors (Lipinski definition) is 0. The summed E-state index contributed by atoms with van der Waals surface area (Å²) in [7, 11) is 4.24. The zero-order chi connectivity index (χ0) is 5.70. The molecule has 0 aliphatic carbocycles. The molecule has 0 bridgehead atoms. The van der Waals surface area contributed by atoms with Gasteiger partial charge in [-0.3, -0.25) is 0 Å². The van der Waals surface area contributed by atoms with Gasteiger partial charge in [-0.05, 0) is 0 Å². The standard InChI is InChI=1S/C5H12N.Sn.H/c1-4-5-6(2)3;;/h1,4-5H2,2-3H3;;. The zero-order valence-electron chi connectivity index (χ0n) is 5.15. The molecule has 0 saturated heterocycles. The van der Waals surface area contributed by atoms with Crippen LogP contribution in [0.4, 0.5) is 0 Å². The molecule has 0 amide bonds. The van der Waals surface area contributed by atoms with Crippen molar-refractivity contribution in [1.82, 2.24) is 4.90 Å². The molecule has 0 spiro atoms. The molecule has 0 aromatic carbocycles. The first kappa shape index (κ1) is 7.76. The van der Waals surface area contributed by atoms with Crippen molar-refractivity contribution >= 4 is 22.5 Å². The summed E-state index contributed by atoms with van der Waals surface area (Å²) in [5.74, 6) is 0. The topological polar surface area (TPSA) is 3.24 Å². The molecule has 0 saturated carbocycles. The van der Waals surface area contributed by atoms with E-state index in [1.54, 1.807) is 0 Å². The summed E-state index contributed by atoms with van der Waals surface area (Å²) in [5.41, 5.74) is 0. The quantitative estimate of drug-likeness (QED) is 0.598. The molecular formula is C5H13NSn. The third-order valence-corrected chi connectivity index (χ3v) is 1.97. The van der Waals surface area contributed by atoms with Gasteiger partial charge in [-0.2, -0.15) is 0 Å². The van der Waals surface area contributed by atoms with Gasteiger partial charge >= 0.3 is 58.9 Å². The molecule has 7 heavy (non-hydrogen) atoms. The first-order valence-corrected chi connectivity index (χ1v) is 4.95. The minimum atomic E-state index is 1.27. The minimum absolute atomic E-state index is 1.27. The Kier molecular flexibility index (Phi) is 5.44. The summed E-state index contributed by atoms with van der Waals surface area (Å²) in [6, 6.07) is 0. The molecule has 0 rings (SSSR count). The molecule has 0 aliphatic rings. The maximum absolute atomic E-state index is 2.23. The number of hydrogen-bond acceptors (Lipinski definition) is 1. The zero-order valence-corrected chi connectivity index (χ0v) is 8.44. The van der Waals surface area contributed by atoms with Crippen molar-refractivity contribution in [2.45, 2.75) is 10.9 Å². The van der Waals surface area contributed by atoms with Crippen LogP contribution >= 0.6 is 0 Å². The Labute approximate surface area is 59.2 Å². The van der Waals surface area contributed by atoms with Crippen molar-refractivity contribution in [3.05, 3.63) is 0 Å². The van der Waals surface area contributed by atoms with Gasteiger partial charge in [0.2, 0.25) is 0 Å². The van der Waals surface area contributed by atoms with Gasteiger partial charge < -0.3 is 0 Å². The van der Waals surface area contributed by atoms with Crippen LogP contribution in [0.5, 0.6) is 0 Å². The fraction of sp³-hybridized carbons (Fsp3) is 1.00. The van der Waals surface area contributed by atoms with E-state index >= 15 is 0 Å². The first-order valence-electron chi connectivity index (χ1n) is 2.62. The summed E-state index contributed by atoms with van der Waals surface area (Å²) in [6.07, 6.45) is 1.38. The molecule has 0 heterocycles. The summed E-state index contributed by atoms with van der Waals surface area (Å²) in [4.78, 5) is 2.23.